The third-order valence-corrected chi connectivity index (χ3v) is 8.67. The lowest BCUT2D eigenvalue weighted by atomic mass is 9.38. The molecule has 2 bridgehead atoms. The van der Waals surface area contributed by atoms with Crippen molar-refractivity contribution < 1.29 is 4.39 Å². The van der Waals surface area contributed by atoms with Crippen LogP contribution in [0.15, 0.2) is 0 Å². The smallest absolute Gasteiger partial charge is 0.103 e. The van der Waals surface area contributed by atoms with Crippen molar-refractivity contribution in [2.75, 3.05) is 0 Å². The van der Waals surface area contributed by atoms with Crippen LogP contribution in [-0.4, -0.2) is 6.17 Å². The molecule has 4 aliphatic rings. The van der Waals surface area contributed by atoms with Gasteiger partial charge in [-0.2, -0.15) is 0 Å². The van der Waals surface area contributed by atoms with Crippen molar-refractivity contribution in [3.63, 3.8) is 0 Å². The molecule has 0 aromatic rings. The topological polar surface area (TPSA) is 0 Å². The molecular formula is C20H33F. The van der Waals surface area contributed by atoms with Crippen LogP contribution in [-0.2, 0) is 0 Å². The van der Waals surface area contributed by atoms with E-state index < -0.39 is 6.17 Å². The Morgan fingerprint density at radius 1 is 0.810 bits per heavy atom. The maximum Gasteiger partial charge on any atom is 0.103 e. The summed E-state index contributed by atoms with van der Waals surface area (Å²) in [6.07, 6.45) is 12.4. The maximum atomic E-state index is 14.2. The second kappa shape index (κ2) is 4.48. The van der Waals surface area contributed by atoms with E-state index in [1.54, 1.807) is 0 Å². The van der Waals surface area contributed by atoms with Crippen molar-refractivity contribution in [1.29, 1.82) is 0 Å². The van der Waals surface area contributed by atoms with E-state index in [0.717, 1.165) is 18.3 Å². The number of hydrogen-bond acceptors (Lipinski definition) is 0. The Morgan fingerprint density at radius 3 is 2.38 bits per heavy atom. The van der Waals surface area contributed by atoms with Crippen LogP contribution in [0.2, 0.25) is 0 Å². The molecule has 0 heterocycles. The van der Waals surface area contributed by atoms with E-state index in [4.69, 9.17) is 0 Å². The molecule has 0 aromatic heterocycles. The van der Waals surface area contributed by atoms with Crippen LogP contribution in [0.5, 0.6) is 0 Å². The predicted molar refractivity (Wildman–Crippen MR) is 85.9 cm³/mol. The van der Waals surface area contributed by atoms with Gasteiger partial charge in [0.05, 0.1) is 0 Å². The van der Waals surface area contributed by atoms with Gasteiger partial charge in [0.2, 0.25) is 0 Å². The van der Waals surface area contributed by atoms with Gasteiger partial charge in [0, 0.05) is 0 Å². The van der Waals surface area contributed by atoms with Crippen molar-refractivity contribution >= 4 is 0 Å². The Bertz CT molecular complexity index is 428. The Hall–Kier alpha value is -0.0700. The number of alkyl halides is 1. The van der Waals surface area contributed by atoms with Gasteiger partial charge in [-0.3, -0.25) is 0 Å². The monoisotopic (exact) mass is 292 g/mol. The summed E-state index contributed by atoms with van der Waals surface area (Å²) in [6.45, 7) is 7.68. The van der Waals surface area contributed by atoms with Gasteiger partial charge in [0.1, 0.15) is 6.17 Å². The second-order valence-corrected chi connectivity index (χ2v) is 9.95. The standard InChI is InChI=1S/C20H33F/c1-18(2)9-4-10-19(3)16(18)8-12-20-11-7-15(21)14(13-20)5-6-17(19)20/h14-17H,4-13H2,1-3H3/t14-,15?,16-,17+,19-,20+/m1/s1. The average Bonchev–Trinajstić information content (AvgIpc) is 2.42. The van der Waals surface area contributed by atoms with Crippen LogP contribution in [0.25, 0.3) is 0 Å². The summed E-state index contributed by atoms with van der Waals surface area (Å²) >= 11 is 0. The van der Waals surface area contributed by atoms with E-state index in [9.17, 15) is 4.39 Å². The quantitative estimate of drug-likeness (QED) is 0.502. The van der Waals surface area contributed by atoms with Crippen LogP contribution in [0.3, 0.4) is 0 Å². The zero-order valence-corrected chi connectivity index (χ0v) is 14.3. The summed E-state index contributed by atoms with van der Waals surface area (Å²) < 4.78 is 14.2. The number of fused-ring (bicyclic) bond motifs is 3. The summed E-state index contributed by atoms with van der Waals surface area (Å²) in [5.74, 6) is 2.22. The van der Waals surface area contributed by atoms with Crippen molar-refractivity contribution in [2.45, 2.75) is 91.2 Å². The van der Waals surface area contributed by atoms with Crippen LogP contribution in [0.1, 0.15) is 85.0 Å². The SMILES string of the molecule is CC1(C)CCC[C@]2(C)[C@@H]1CC[C@]13CCC(F)[C@H](CC[C@H]12)C3. The molecule has 0 amide bonds. The first-order chi connectivity index (χ1) is 9.87. The second-order valence-electron chi connectivity index (χ2n) is 9.95. The minimum atomic E-state index is -0.482. The largest absolute Gasteiger partial charge is 0.247 e. The Kier molecular flexibility index (Phi) is 3.10. The predicted octanol–water partition coefficient (Wildman–Crippen LogP) is 6.15. The van der Waals surface area contributed by atoms with Gasteiger partial charge in [0.15, 0.2) is 0 Å². The molecular weight excluding hydrogens is 259 g/mol. The Labute approximate surface area is 130 Å². The molecule has 0 aromatic carbocycles. The molecule has 1 unspecified atom stereocenters. The minimum Gasteiger partial charge on any atom is -0.247 e. The molecule has 0 N–H and O–H groups in total. The molecule has 1 spiro atoms. The fourth-order valence-electron chi connectivity index (χ4n) is 7.87. The van der Waals surface area contributed by atoms with Crippen molar-refractivity contribution in [2.24, 2.45) is 34.0 Å². The van der Waals surface area contributed by atoms with Gasteiger partial charge < -0.3 is 0 Å². The van der Waals surface area contributed by atoms with Crippen LogP contribution < -0.4 is 0 Å². The minimum absolute atomic E-state index is 0.409. The maximum absolute atomic E-state index is 14.2. The molecule has 21 heavy (non-hydrogen) atoms. The normalized spacial score (nSPS) is 55.4. The molecule has 4 aliphatic carbocycles. The fraction of sp³-hybridized carbons (Fsp3) is 1.00. The van der Waals surface area contributed by atoms with Crippen LogP contribution in [0.4, 0.5) is 4.39 Å². The summed E-state index contributed by atoms with van der Waals surface area (Å²) in [6, 6.07) is 0. The molecule has 0 saturated heterocycles. The molecule has 1 heteroatoms. The number of rotatable bonds is 0. The molecule has 6 atom stereocenters. The van der Waals surface area contributed by atoms with E-state index in [1.807, 2.05) is 0 Å². The molecule has 120 valence electrons. The van der Waals surface area contributed by atoms with Crippen LogP contribution >= 0.6 is 0 Å². The molecule has 0 radical (unpaired) electrons. The van der Waals surface area contributed by atoms with Crippen LogP contribution in [0, 0.1) is 34.0 Å². The van der Waals surface area contributed by atoms with E-state index in [0.29, 0.717) is 22.2 Å². The first-order valence-corrected chi connectivity index (χ1v) is 9.52. The van der Waals surface area contributed by atoms with Gasteiger partial charge >= 0.3 is 0 Å². The third kappa shape index (κ3) is 1.91. The van der Waals surface area contributed by atoms with Gasteiger partial charge in [0.25, 0.3) is 0 Å². The first kappa shape index (κ1) is 14.5. The summed E-state index contributed by atoms with van der Waals surface area (Å²) in [4.78, 5) is 0. The highest BCUT2D eigenvalue weighted by molar-refractivity contribution is 5.11. The van der Waals surface area contributed by atoms with E-state index in [1.165, 1.54) is 57.8 Å². The van der Waals surface area contributed by atoms with E-state index >= 15 is 0 Å². The highest BCUT2D eigenvalue weighted by atomic mass is 19.1. The van der Waals surface area contributed by atoms with Crippen molar-refractivity contribution in [1.82, 2.24) is 0 Å². The Morgan fingerprint density at radius 2 is 1.57 bits per heavy atom. The van der Waals surface area contributed by atoms with Crippen molar-refractivity contribution in [3.8, 4) is 0 Å². The molecule has 0 nitrogen and oxygen atoms in total. The summed E-state index contributed by atoms with van der Waals surface area (Å²) in [5.41, 5.74) is 1.61. The molecule has 4 fully saturated rings. The molecule has 4 rings (SSSR count). The zero-order valence-electron chi connectivity index (χ0n) is 14.3. The average molecular weight is 292 g/mol. The highest BCUT2D eigenvalue weighted by Crippen LogP contribution is 2.70. The number of hydrogen-bond donors (Lipinski definition) is 0. The lowest BCUT2D eigenvalue weighted by Gasteiger charge is -2.67. The number of halogens is 1. The van der Waals surface area contributed by atoms with E-state index in [-0.39, 0.29) is 0 Å². The highest BCUT2D eigenvalue weighted by Gasteiger charge is 2.62. The Balaban J connectivity index is 1.69. The summed E-state index contributed by atoms with van der Waals surface area (Å²) in [5, 5.41) is 0. The van der Waals surface area contributed by atoms with Gasteiger partial charge in [-0.05, 0) is 91.8 Å². The first-order valence-electron chi connectivity index (χ1n) is 9.52. The lowest BCUT2D eigenvalue weighted by Crippen LogP contribution is -2.59. The zero-order chi connectivity index (χ0) is 14.9. The lowest BCUT2D eigenvalue weighted by molar-refractivity contribution is -0.177. The van der Waals surface area contributed by atoms with E-state index in [2.05, 4.69) is 20.8 Å². The van der Waals surface area contributed by atoms with Crippen molar-refractivity contribution in [3.05, 3.63) is 0 Å². The third-order valence-electron chi connectivity index (χ3n) is 8.67. The fourth-order valence-corrected chi connectivity index (χ4v) is 7.87. The van der Waals surface area contributed by atoms with Gasteiger partial charge in [-0.25, -0.2) is 4.39 Å². The van der Waals surface area contributed by atoms with Gasteiger partial charge in [-0.15, -0.1) is 0 Å². The molecule has 4 saturated carbocycles. The summed E-state index contributed by atoms with van der Waals surface area (Å²) in [7, 11) is 0. The molecule has 0 aliphatic heterocycles. The van der Waals surface area contributed by atoms with Gasteiger partial charge in [-0.1, -0.05) is 27.2 Å².